The molecule has 0 bridgehead atoms. The molecule has 2 fully saturated rings. The summed E-state index contributed by atoms with van der Waals surface area (Å²) in [5, 5.41) is 10.2. The third-order valence-electron chi connectivity index (χ3n) is 6.99. The van der Waals surface area contributed by atoms with Crippen LogP contribution in [-0.4, -0.2) is 64.1 Å². The number of aromatic nitrogens is 1. The van der Waals surface area contributed by atoms with Crippen molar-refractivity contribution in [2.75, 3.05) is 26.2 Å². The molecule has 34 heavy (non-hydrogen) atoms. The number of aliphatic hydroxyl groups excluding tert-OH is 1. The Morgan fingerprint density at radius 1 is 0.941 bits per heavy atom. The number of hydrogen-bond donors (Lipinski definition) is 1. The summed E-state index contributed by atoms with van der Waals surface area (Å²) in [6.45, 7) is 2.49. The maximum Gasteiger partial charge on any atom is 0.255 e. The van der Waals surface area contributed by atoms with Crippen molar-refractivity contribution in [1.82, 2.24) is 14.8 Å². The maximum atomic E-state index is 13.2. The molecule has 172 valence electrons. The van der Waals surface area contributed by atoms with E-state index in [4.69, 9.17) is 0 Å². The first-order valence-electron chi connectivity index (χ1n) is 12.0. The number of pyridine rings is 1. The van der Waals surface area contributed by atoms with E-state index in [9.17, 15) is 9.90 Å². The van der Waals surface area contributed by atoms with Crippen molar-refractivity contribution >= 4 is 5.91 Å². The van der Waals surface area contributed by atoms with E-state index >= 15 is 0 Å². The number of carbonyl (C=O) groups is 1. The molecule has 0 unspecified atom stereocenters. The molecule has 3 atom stereocenters. The monoisotopic (exact) mass is 451 g/mol. The fourth-order valence-corrected chi connectivity index (χ4v) is 5.25. The molecule has 1 N–H and O–H groups in total. The fourth-order valence-electron chi connectivity index (χ4n) is 5.25. The van der Waals surface area contributed by atoms with Crippen molar-refractivity contribution in [1.29, 1.82) is 0 Å². The molecule has 5 nitrogen and oxygen atoms in total. The first kappa shape index (κ1) is 22.3. The minimum atomic E-state index is 0.0349. The van der Waals surface area contributed by atoms with Gasteiger partial charge in [-0.2, -0.15) is 0 Å². The Hall–Kier alpha value is -3.46. The summed E-state index contributed by atoms with van der Waals surface area (Å²) in [7, 11) is 0. The Morgan fingerprint density at radius 3 is 2.38 bits per heavy atom. The molecule has 0 aliphatic carbocycles. The first-order chi connectivity index (χ1) is 16.7. The van der Waals surface area contributed by atoms with Crippen LogP contribution in [0.5, 0.6) is 0 Å². The van der Waals surface area contributed by atoms with Gasteiger partial charge in [-0.25, -0.2) is 0 Å². The van der Waals surface area contributed by atoms with Crippen LogP contribution in [0.25, 0.3) is 0 Å². The van der Waals surface area contributed by atoms with Crippen LogP contribution in [0.4, 0.5) is 0 Å². The lowest BCUT2D eigenvalue weighted by Gasteiger charge is -2.57. The quantitative estimate of drug-likeness (QED) is 0.619. The van der Waals surface area contributed by atoms with Crippen molar-refractivity contribution < 1.29 is 9.90 Å². The maximum absolute atomic E-state index is 13.2. The second-order valence-corrected chi connectivity index (χ2v) is 9.02. The van der Waals surface area contributed by atoms with E-state index in [-0.39, 0.29) is 30.5 Å². The van der Waals surface area contributed by atoms with Gasteiger partial charge in [-0.05, 0) is 61.3 Å². The number of carbonyl (C=O) groups excluding carboxylic acids is 1. The summed E-state index contributed by atoms with van der Waals surface area (Å²) in [4.78, 5) is 21.6. The van der Waals surface area contributed by atoms with Gasteiger partial charge in [-0.15, -0.1) is 0 Å². The van der Waals surface area contributed by atoms with Gasteiger partial charge in [0.2, 0.25) is 0 Å². The number of benzene rings is 2. The molecule has 2 aliphatic rings. The van der Waals surface area contributed by atoms with Gasteiger partial charge in [-0.3, -0.25) is 14.7 Å². The van der Waals surface area contributed by atoms with Crippen LogP contribution >= 0.6 is 0 Å². The van der Waals surface area contributed by atoms with Crippen LogP contribution in [0, 0.1) is 11.8 Å². The van der Waals surface area contributed by atoms with Crippen LogP contribution in [0.15, 0.2) is 79.1 Å². The molecule has 3 heterocycles. The Labute approximate surface area is 201 Å². The number of rotatable bonds is 3. The fraction of sp³-hybridized carbons (Fsp3) is 0.310. The van der Waals surface area contributed by atoms with Crippen molar-refractivity contribution in [2.45, 2.75) is 30.8 Å². The zero-order chi connectivity index (χ0) is 23.3. The van der Waals surface area contributed by atoms with Crippen molar-refractivity contribution in [3.63, 3.8) is 0 Å². The molecule has 2 aliphatic heterocycles. The molecule has 1 amide bonds. The van der Waals surface area contributed by atoms with E-state index in [1.165, 1.54) is 5.56 Å². The topological polar surface area (TPSA) is 56.7 Å². The van der Waals surface area contributed by atoms with Gasteiger partial charge in [0.15, 0.2) is 0 Å². The van der Waals surface area contributed by atoms with Gasteiger partial charge >= 0.3 is 0 Å². The second-order valence-electron chi connectivity index (χ2n) is 9.02. The summed E-state index contributed by atoms with van der Waals surface area (Å²) in [5.74, 6) is 6.66. The van der Waals surface area contributed by atoms with E-state index in [0.717, 1.165) is 37.1 Å². The predicted molar refractivity (Wildman–Crippen MR) is 132 cm³/mol. The predicted octanol–water partition coefficient (Wildman–Crippen LogP) is 3.55. The van der Waals surface area contributed by atoms with Gasteiger partial charge in [0.1, 0.15) is 0 Å². The SMILES string of the molecule is O=C(c1cccnc1)N1CCCCN2[C@H](CO)[C@@H](c3ccc(C#Cc4ccccc4)cc3)[C@H]2C1. The lowest BCUT2D eigenvalue weighted by Crippen LogP contribution is -2.67. The van der Waals surface area contributed by atoms with E-state index < -0.39 is 0 Å². The van der Waals surface area contributed by atoms with Gasteiger partial charge in [-0.1, -0.05) is 42.2 Å². The minimum absolute atomic E-state index is 0.0349. The Balaban J connectivity index is 1.35. The van der Waals surface area contributed by atoms with Crippen LogP contribution in [-0.2, 0) is 0 Å². The van der Waals surface area contributed by atoms with Gasteiger partial charge in [0.05, 0.1) is 12.2 Å². The molecule has 0 saturated carbocycles. The molecule has 2 aromatic carbocycles. The largest absolute Gasteiger partial charge is 0.395 e. The molecular formula is C29H29N3O2. The summed E-state index contributed by atoms with van der Waals surface area (Å²) in [6.07, 6.45) is 5.31. The number of hydrogen-bond acceptors (Lipinski definition) is 4. The van der Waals surface area contributed by atoms with Crippen LogP contribution in [0.3, 0.4) is 0 Å². The minimum Gasteiger partial charge on any atom is -0.395 e. The molecule has 3 aromatic rings. The lowest BCUT2D eigenvalue weighted by molar-refractivity contribution is -0.0606. The van der Waals surface area contributed by atoms with E-state index in [1.807, 2.05) is 41.3 Å². The number of fused-ring (bicyclic) bond motifs is 1. The molecule has 2 saturated heterocycles. The van der Waals surface area contributed by atoms with Gasteiger partial charge < -0.3 is 10.0 Å². The summed E-state index contributed by atoms with van der Waals surface area (Å²) in [5.41, 5.74) is 3.79. The summed E-state index contributed by atoms with van der Waals surface area (Å²) >= 11 is 0. The molecule has 0 radical (unpaired) electrons. The normalized spacial score (nSPS) is 22.4. The second kappa shape index (κ2) is 10.2. The highest BCUT2D eigenvalue weighted by Crippen LogP contribution is 2.42. The molecule has 0 spiro atoms. The molecule has 5 heteroatoms. The molecule has 5 rings (SSSR count). The standard InChI is InChI=1S/C29H29N3O2/c33-21-27-28(24-14-12-23(13-15-24)11-10-22-7-2-1-3-8-22)26-20-31(17-4-5-18-32(26)27)29(34)25-9-6-16-30-19-25/h1-3,6-9,12-16,19,26-28,33H,4-5,17-18,20-21H2/t26-,27-,28+/m1/s1. The summed E-state index contributed by atoms with van der Waals surface area (Å²) < 4.78 is 0. The Morgan fingerprint density at radius 2 is 1.68 bits per heavy atom. The van der Waals surface area contributed by atoms with Gasteiger partial charge in [0.25, 0.3) is 5.91 Å². The number of aliphatic hydroxyl groups is 1. The average Bonchev–Trinajstić information content (AvgIpc) is 2.88. The average molecular weight is 452 g/mol. The highest BCUT2D eigenvalue weighted by Gasteiger charge is 2.49. The Kier molecular flexibility index (Phi) is 6.71. The summed E-state index contributed by atoms with van der Waals surface area (Å²) in [6, 6.07) is 22.3. The molecule has 1 aromatic heterocycles. The highest BCUT2D eigenvalue weighted by molar-refractivity contribution is 5.93. The van der Waals surface area contributed by atoms with Gasteiger partial charge in [0, 0.05) is 54.6 Å². The third-order valence-corrected chi connectivity index (χ3v) is 6.99. The van der Waals surface area contributed by atoms with Crippen molar-refractivity contribution in [3.05, 3.63) is 101 Å². The highest BCUT2D eigenvalue weighted by atomic mass is 16.3. The first-order valence-corrected chi connectivity index (χ1v) is 12.0. The Bertz CT molecular complexity index is 1170. The van der Waals surface area contributed by atoms with Crippen LogP contribution < -0.4 is 0 Å². The van der Waals surface area contributed by atoms with Crippen molar-refractivity contribution in [2.24, 2.45) is 0 Å². The van der Waals surface area contributed by atoms with E-state index in [2.05, 4.69) is 46.0 Å². The lowest BCUT2D eigenvalue weighted by atomic mass is 9.74. The van der Waals surface area contributed by atoms with E-state index in [1.54, 1.807) is 18.5 Å². The molecular weight excluding hydrogens is 422 g/mol. The van der Waals surface area contributed by atoms with Crippen LogP contribution in [0.2, 0.25) is 0 Å². The third kappa shape index (κ3) is 4.61. The van der Waals surface area contributed by atoms with E-state index in [0.29, 0.717) is 12.1 Å². The number of nitrogens with zero attached hydrogens (tertiary/aromatic N) is 3. The number of amides is 1. The zero-order valence-electron chi connectivity index (χ0n) is 19.2. The zero-order valence-corrected chi connectivity index (χ0v) is 19.2. The van der Waals surface area contributed by atoms with Crippen LogP contribution in [0.1, 0.15) is 45.8 Å². The smallest absolute Gasteiger partial charge is 0.255 e. The van der Waals surface area contributed by atoms with Crippen molar-refractivity contribution in [3.8, 4) is 11.8 Å².